The predicted molar refractivity (Wildman–Crippen MR) is 57.3 cm³/mol. The van der Waals surface area contributed by atoms with E-state index in [1.807, 2.05) is 20.8 Å². The van der Waals surface area contributed by atoms with Crippen molar-refractivity contribution in [3.05, 3.63) is 0 Å². The Bertz CT molecular complexity index is 179. The SMILES string of the molecule is COC(=O)C(N)CC(O)C(C)(C)C.Cl. The van der Waals surface area contributed by atoms with E-state index >= 15 is 0 Å². The molecule has 0 saturated heterocycles. The first-order valence-corrected chi connectivity index (χ1v) is 4.30. The molecule has 0 rings (SSSR count). The molecule has 0 bridgehead atoms. The van der Waals surface area contributed by atoms with E-state index in [2.05, 4.69) is 4.74 Å². The van der Waals surface area contributed by atoms with E-state index in [1.165, 1.54) is 7.11 Å². The third-order valence-corrected chi connectivity index (χ3v) is 1.98. The lowest BCUT2D eigenvalue weighted by molar-refractivity contribution is -0.143. The fourth-order valence-corrected chi connectivity index (χ4v) is 0.842. The molecule has 0 heterocycles. The van der Waals surface area contributed by atoms with E-state index < -0.39 is 18.1 Å². The number of aliphatic hydroxyl groups excluding tert-OH is 1. The Kier molecular flexibility index (Phi) is 7.16. The van der Waals surface area contributed by atoms with Gasteiger partial charge in [0, 0.05) is 0 Å². The zero-order chi connectivity index (χ0) is 10.6. The molecule has 0 aromatic heterocycles. The average molecular weight is 226 g/mol. The van der Waals surface area contributed by atoms with Gasteiger partial charge in [0.2, 0.25) is 0 Å². The fraction of sp³-hybridized carbons (Fsp3) is 0.889. The first-order chi connectivity index (χ1) is 5.79. The number of ether oxygens (including phenoxy) is 1. The number of hydrogen-bond acceptors (Lipinski definition) is 4. The third kappa shape index (κ3) is 5.42. The van der Waals surface area contributed by atoms with Crippen LogP contribution in [-0.2, 0) is 9.53 Å². The summed E-state index contributed by atoms with van der Waals surface area (Å²) in [5, 5.41) is 9.61. The molecular weight excluding hydrogens is 206 g/mol. The minimum absolute atomic E-state index is 0. The van der Waals surface area contributed by atoms with Crippen LogP contribution in [0.25, 0.3) is 0 Å². The highest BCUT2D eigenvalue weighted by molar-refractivity contribution is 5.85. The molecule has 0 saturated carbocycles. The fourth-order valence-electron chi connectivity index (χ4n) is 0.842. The van der Waals surface area contributed by atoms with Crippen LogP contribution in [0.2, 0.25) is 0 Å². The van der Waals surface area contributed by atoms with E-state index in [0.29, 0.717) is 0 Å². The molecule has 0 aliphatic heterocycles. The van der Waals surface area contributed by atoms with E-state index in [9.17, 15) is 9.90 Å². The Balaban J connectivity index is 0. The number of carbonyl (C=O) groups excluding carboxylic acids is 1. The van der Waals surface area contributed by atoms with Crippen molar-refractivity contribution in [3.8, 4) is 0 Å². The molecular formula is C9H20ClNO3. The van der Waals surface area contributed by atoms with Gasteiger partial charge in [-0.2, -0.15) is 0 Å². The number of hydrogen-bond donors (Lipinski definition) is 2. The zero-order valence-electron chi connectivity index (χ0n) is 9.11. The summed E-state index contributed by atoms with van der Waals surface area (Å²) >= 11 is 0. The van der Waals surface area contributed by atoms with Crippen LogP contribution in [0.15, 0.2) is 0 Å². The average Bonchev–Trinajstić information content (AvgIpc) is 2.01. The molecule has 0 fully saturated rings. The van der Waals surface area contributed by atoms with Gasteiger partial charge in [-0.25, -0.2) is 0 Å². The smallest absolute Gasteiger partial charge is 0.322 e. The molecule has 0 aliphatic rings. The van der Waals surface area contributed by atoms with Gasteiger partial charge in [-0.15, -0.1) is 12.4 Å². The van der Waals surface area contributed by atoms with Crippen molar-refractivity contribution in [1.29, 1.82) is 0 Å². The molecule has 5 heteroatoms. The molecule has 0 aliphatic carbocycles. The first-order valence-electron chi connectivity index (χ1n) is 4.30. The second-order valence-corrected chi connectivity index (χ2v) is 4.25. The molecule has 2 unspecified atom stereocenters. The van der Waals surface area contributed by atoms with Crippen LogP contribution in [0.5, 0.6) is 0 Å². The van der Waals surface area contributed by atoms with Crippen LogP contribution in [0.1, 0.15) is 27.2 Å². The lowest BCUT2D eigenvalue weighted by atomic mass is 9.85. The van der Waals surface area contributed by atoms with Crippen molar-refractivity contribution in [2.75, 3.05) is 7.11 Å². The van der Waals surface area contributed by atoms with Crippen molar-refractivity contribution >= 4 is 18.4 Å². The largest absolute Gasteiger partial charge is 0.468 e. The van der Waals surface area contributed by atoms with Gasteiger partial charge in [0.1, 0.15) is 6.04 Å². The van der Waals surface area contributed by atoms with Gasteiger partial charge in [0.25, 0.3) is 0 Å². The van der Waals surface area contributed by atoms with E-state index in [4.69, 9.17) is 5.73 Å². The number of esters is 1. The van der Waals surface area contributed by atoms with E-state index in [-0.39, 0.29) is 24.2 Å². The lowest BCUT2D eigenvalue weighted by Crippen LogP contribution is -2.39. The second-order valence-electron chi connectivity index (χ2n) is 4.25. The van der Waals surface area contributed by atoms with Gasteiger partial charge in [-0.05, 0) is 11.8 Å². The van der Waals surface area contributed by atoms with Crippen molar-refractivity contribution in [2.45, 2.75) is 39.3 Å². The van der Waals surface area contributed by atoms with Crippen molar-refractivity contribution < 1.29 is 14.6 Å². The van der Waals surface area contributed by atoms with Gasteiger partial charge in [0.05, 0.1) is 13.2 Å². The highest BCUT2D eigenvalue weighted by Crippen LogP contribution is 2.22. The standard InChI is InChI=1S/C9H19NO3.ClH/c1-9(2,3)7(11)5-6(10)8(12)13-4;/h6-7,11H,5,10H2,1-4H3;1H. The minimum Gasteiger partial charge on any atom is -0.468 e. The normalized spacial score (nSPS) is 15.3. The second kappa shape index (κ2) is 6.22. The minimum atomic E-state index is -0.737. The molecule has 2 atom stereocenters. The summed E-state index contributed by atoms with van der Waals surface area (Å²) < 4.78 is 4.45. The molecule has 0 spiro atoms. The third-order valence-electron chi connectivity index (χ3n) is 1.98. The maximum Gasteiger partial charge on any atom is 0.322 e. The predicted octanol–water partition coefficient (Wildman–Crippen LogP) is 0.706. The Morgan fingerprint density at radius 1 is 1.50 bits per heavy atom. The van der Waals surface area contributed by atoms with Crippen molar-refractivity contribution in [1.82, 2.24) is 0 Å². The molecule has 3 N–H and O–H groups in total. The number of nitrogens with two attached hydrogens (primary N) is 1. The monoisotopic (exact) mass is 225 g/mol. The van der Waals surface area contributed by atoms with Crippen LogP contribution in [0.3, 0.4) is 0 Å². The summed E-state index contributed by atoms with van der Waals surface area (Å²) in [4.78, 5) is 10.9. The van der Waals surface area contributed by atoms with Gasteiger partial charge in [-0.3, -0.25) is 4.79 Å². The summed E-state index contributed by atoms with van der Waals surface area (Å²) in [6.45, 7) is 5.67. The van der Waals surface area contributed by atoms with Crippen LogP contribution in [-0.4, -0.2) is 30.3 Å². The summed E-state index contributed by atoms with van der Waals surface area (Å²) in [5.74, 6) is -0.483. The molecule has 0 amide bonds. The number of carbonyl (C=O) groups is 1. The lowest BCUT2D eigenvalue weighted by Gasteiger charge is -2.27. The number of methoxy groups -OCH3 is 1. The van der Waals surface area contributed by atoms with Crippen LogP contribution in [0, 0.1) is 5.41 Å². The molecule has 86 valence electrons. The Morgan fingerprint density at radius 3 is 2.21 bits per heavy atom. The molecule has 4 nitrogen and oxygen atoms in total. The number of rotatable bonds is 3. The Morgan fingerprint density at radius 2 is 1.93 bits per heavy atom. The summed E-state index contributed by atoms with van der Waals surface area (Å²) in [6.07, 6.45) is -0.363. The highest BCUT2D eigenvalue weighted by Gasteiger charge is 2.27. The van der Waals surface area contributed by atoms with E-state index in [1.54, 1.807) is 0 Å². The zero-order valence-corrected chi connectivity index (χ0v) is 9.93. The van der Waals surface area contributed by atoms with Gasteiger partial charge < -0.3 is 15.6 Å². The number of aliphatic hydroxyl groups is 1. The van der Waals surface area contributed by atoms with Gasteiger partial charge in [0.15, 0.2) is 0 Å². The van der Waals surface area contributed by atoms with E-state index in [0.717, 1.165) is 0 Å². The van der Waals surface area contributed by atoms with Gasteiger partial charge in [-0.1, -0.05) is 20.8 Å². The maximum absolute atomic E-state index is 10.9. The summed E-state index contributed by atoms with van der Waals surface area (Å²) in [7, 11) is 1.28. The maximum atomic E-state index is 10.9. The number of halogens is 1. The quantitative estimate of drug-likeness (QED) is 0.694. The van der Waals surface area contributed by atoms with Crippen LogP contribution in [0.4, 0.5) is 0 Å². The van der Waals surface area contributed by atoms with Crippen LogP contribution >= 0.6 is 12.4 Å². The Hall–Kier alpha value is -0.320. The molecule has 0 radical (unpaired) electrons. The first kappa shape index (κ1) is 16.1. The summed E-state index contributed by atoms with van der Waals surface area (Å²) in [5.41, 5.74) is 5.23. The molecule has 0 aromatic rings. The molecule has 14 heavy (non-hydrogen) atoms. The Labute approximate surface area is 91.2 Å². The highest BCUT2D eigenvalue weighted by atomic mass is 35.5. The van der Waals surface area contributed by atoms with Crippen molar-refractivity contribution in [2.24, 2.45) is 11.1 Å². The summed E-state index contributed by atoms with van der Waals surface area (Å²) in [6, 6.07) is -0.737. The molecule has 0 aromatic carbocycles. The van der Waals surface area contributed by atoms with Gasteiger partial charge >= 0.3 is 5.97 Å². The topological polar surface area (TPSA) is 72.5 Å². The van der Waals surface area contributed by atoms with Crippen LogP contribution < -0.4 is 5.73 Å². The van der Waals surface area contributed by atoms with Crippen molar-refractivity contribution in [3.63, 3.8) is 0 Å².